The molecule has 11 heavy (non-hydrogen) atoms. The van der Waals surface area contributed by atoms with Crippen LogP contribution in [0.3, 0.4) is 0 Å². The van der Waals surface area contributed by atoms with E-state index in [1.807, 2.05) is 0 Å². The van der Waals surface area contributed by atoms with E-state index in [0.29, 0.717) is 12.9 Å². The predicted molar refractivity (Wildman–Crippen MR) is 39.6 cm³/mol. The minimum Gasteiger partial charge on any atom is -0.456 e. The minimum absolute atomic E-state index is 0.310. The zero-order valence-corrected chi connectivity index (χ0v) is 6.16. The molecule has 0 fully saturated rings. The van der Waals surface area contributed by atoms with Crippen molar-refractivity contribution in [3.05, 3.63) is 12.2 Å². The Morgan fingerprint density at radius 2 is 2.36 bits per heavy atom. The average molecular weight is 152 g/mol. The Kier molecular flexibility index (Phi) is 5.63. The summed E-state index contributed by atoms with van der Waals surface area (Å²) in [6, 6.07) is 0. The van der Waals surface area contributed by atoms with Gasteiger partial charge in [0.2, 0.25) is 0 Å². The van der Waals surface area contributed by atoms with E-state index < -0.39 is 5.97 Å². The van der Waals surface area contributed by atoms with Gasteiger partial charge in [-0.25, -0.2) is 4.79 Å². The highest BCUT2D eigenvalue weighted by molar-refractivity contribution is 5.88. The van der Waals surface area contributed by atoms with Crippen molar-refractivity contribution in [2.45, 2.75) is 6.92 Å². The number of esters is 1. The predicted octanol–water partition coefficient (Wildman–Crippen LogP) is 0.308. The maximum atomic E-state index is 10.5. The van der Waals surface area contributed by atoms with Crippen LogP contribution >= 0.6 is 0 Å². The molecule has 0 bridgehead atoms. The van der Waals surface area contributed by atoms with Crippen LogP contribution in [0.15, 0.2) is 12.2 Å². The van der Waals surface area contributed by atoms with Crippen LogP contribution in [0, 0.1) is 11.8 Å². The van der Waals surface area contributed by atoms with Gasteiger partial charge in [-0.1, -0.05) is 5.92 Å². The van der Waals surface area contributed by atoms with E-state index in [-0.39, 0.29) is 0 Å². The zero-order chi connectivity index (χ0) is 8.53. The summed E-state index contributed by atoms with van der Waals surface area (Å²) >= 11 is 0. The maximum absolute atomic E-state index is 10.5. The van der Waals surface area contributed by atoms with Gasteiger partial charge in [0.15, 0.2) is 0 Å². The third kappa shape index (κ3) is 6.32. The van der Waals surface area contributed by atoms with Gasteiger partial charge in [-0.3, -0.25) is 4.79 Å². The highest BCUT2D eigenvalue weighted by Crippen LogP contribution is 1.73. The molecule has 0 aromatic carbocycles. The van der Waals surface area contributed by atoms with Gasteiger partial charge in [0.25, 0.3) is 0 Å². The molecule has 0 heterocycles. The fraction of sp³-hybridized carbons (Fsp3) is 0.250. The molecule has 0 unspecified atom stereocenters. The summed E-state index contributed by atoms with van der Waals surface area (Å²) < 4.78 is 4.49. The lowest BCUT2D eigenvalue weighted by Crippen LogP contribution is -1.98. The first-order valence-electron chi connectivity index (χ1n) is 3.10. The summed E-state index contributed by atoms with van der Waals surface area (Å²) in [5.74, 6) is 3.92. The van der Waals surface area contributed by atoms with Crippen molar-refractivity contribution in [2.75, 3.05) is 6.61 Å². The number of carbonyl (C=O) groups is 2. The Hall–Kier alpha value is -1.56. The van der Waals surface area contributed by atoms with E-state index in [0.717, 1.165) is 0 Å². The minimum atomic E-state index is -0.581. The van der Waals surface area contributed by atoms with Crippen molar-refractivity contribution < 1.29 is 14.3 Å². The van der Waals surface area contributed by atoms with E-state index in [2.05, 4.69) is 16.6 Å². The molecule has 3 heteroatoms. The molecule has 0 rings (SSSR count). The molecular formula is C8H8O3. The van der Waals surface area contributed by atoms with Gasteiger partial charge in [0, 0.05) is 5.92 Å². The van der Waals surface area contributed by atoms with Crippen LogP contribution in [0.2, 0.25) is 0 Å². The van der Waals surface area contributed by atoms with Gasteiger partial charge in [-0.2, -0.15) is 0 Å². The van der Waals surface area contributed by atoms with Crippen LogP contribution in [0.5, 0.6) is 0 Å². The van der Waals surface area contributed by atoms with Gasteiger partial charge in [0.05, 0.1) is 6.61 Å². The Bertz CT molecular complexity index is 217. The smallest absolute Gasteiger partial charge is 0.384 e. The molecule has 0 radical (unpaired) electrons. The highest BCUT2D eigenvalue weighted by atomic mass is 16.5. The van der Waals surface area contributed by atoms with Crippen LogP contribution < -0.4 is 0 Å². The van der Waals surface area contributed by atoms with E-state index in [9.17, 15) is 9.59 Å². The summed E-state index contributed by atoms with van der Waals surface area (Å²) in [6.45, 7) is 2.01. The monoisotopic (exact) mass is 152 g/mol. The number of hydrogen-bond acceptors (Lipinski definition) is 3. The molecule has 0 spiro atoms. The largest absolute Gasteiger partial charge is 0.456 e. The molecule has 0 aliphatic rings. The second kappa shape index (κ2) is 6.56. The van der Waals surface area contributed by atoms with Crippen LogP contribution in [0.4, 0.5) is 0 Å². The summed E-state index contributed by atoms with van der Waals surface area (Å²) in [5.41, 5.74) is 0. The molecule has 0 atom stereocenters. The van der Waals surface area contributed by atoms with Crippen LogP contribution in [0.25, 0.3) is 0 Å². The highest BCUT2D eigenvalue weighted by Gasteiger charge is 1.89. The molecule has 0 N–H and O–H groups in total. The SMILES string of the molecule is CCOC(=O)C#C/C=C/C=O. The summed E-state index contributed by atoms with van der Waals surface area (Å²) in [7, 11) is 0. The summed E-state index contributed by atoms with van der Waals surface area (Å²) in [6.07, 6.45) is 3.07. The van der Waals surface area contributed by atoms with Gasteiger partial charge < -0.3 is 4.74 Å². The zero-order valence-electron chi connectivity index (χ0n) is 6.16. The first-order valence-corrected chi connectivity index (χ1v) is 3.10. The van der Waals surface area contributed by atoms with Crippen molar-refractivity contribution in [1.29, 1.82) is 0 Å². The molecule has 3 nitrogen and oxygen atoms in total. The first kappa shape index (κ1) is 9.44. The molecular weight excluding hydrogens is 144 g/mol. The maximum Gasteiger partial charge on any atom is 0.384 e. The molecule has 0 aromatic rings. The Balaban J connectivity index is 3.77. The number of rotatable bonds is 2. The fourth-order valence-electron chi connectivity index (χ4n) is 0.355. The molecule has 58 valence electrons. The standard InChI is InChI=1S/C8H8O3/c1-2-11-8(10)6-4-3-5-7-9/h3,5,7H,2H2,1H3/b5-3+. The molecule has 0 aliphatic heterocycles. The number of ether oxygens (including phenoxy) is 1. The number of allylic oxidation sites excluding steroid dienone is 2. The second-order valence-corrected chi connectivity index (χ2v) is 1.49. The normalized spacial score (nSPS) is 8.45. The van der Waals surface area contributed by atoms with Gasteiger partial charge in [0.1, 0.15) is 6.29 Å². The Morgan fingerprint density at radius 1 is 1.64 bits per heavy atom. The lowest BCUT2D eigenvalue weighted by molar-refractivity contribution is -0.136. The molecule has 0 aromatic heterocycles. The third-order valence-electron chi connectivity index (χ3n) is 0.708. The number of hydrogen-bond donors (Lipinski definition) is 0. The molecule has 0 saturated carbocycles. The molecule has 0 amide bonds. The van der Waals surface area contributed by atoms with Crippen molar-refractivity contribution >= 4 is 12.3 Å². The summed E-state index contributed by atoms with van der Waals surface area (Å²) in [5, 5.41) is 0. The lowest BCUT2D eigenvalue weighted by atomic mass is 10.5. The van der Waals surface area contributed by atoms with E-state index >= 15 is 0 Å². The third-order valence-corrected chi connectivity index (χ3v) is 0.708. The average Bonchev–Trinajstić information content (AvgIpc) is 1.99. The second-order valence-electron chi connectivity index (χ2n) is 1.49. The molecule has 0 saturated heterocycles. The van der Waals surface area contributed by atoms with Crippen molar-refractivity contribution in [1.82, 2.24) is 0 Å². The number of aldehydes is 1. The Labute approximate surface area is 65.0 Å². The van der Waals surface area contributed by atoms with E-state index in [4.69, 9.17) is 0 Å². The molecule has 0 aliphatic carbocycles. The van der Waals surface area contributed by atoms with Crippen LogP contribution in [-0.4, -0.2) is 18.9 Å². The summed E-state index contributed by atoms with van der Waals surface area (Å²) in [4.78, 5) is 20.2. The van der Waals surface area contributed by atoms with Gasteiger partial charge >= 0.3 is 5.97 Å². The quantitative estimate of drug-likeness (QED) is 0.188. The van der Waals surface area contributed by atoms with Crippen molar-refractivity contribution in [3.63, 3.8) is 0 Å². The first-order chi connectivity index (χ1) is 5.31. The van der Waals surface area contributed by atoms with Crippen molar-refractivity contribution in [3.8, 4) is 11.8 Å². The number of carbonyl (C=O) groups excluding carboxylic acids is 2. The van der Waals surface area contributed by atoms with Crippen LogP contribution in [-0.2, 0) is 14.3 Å². The van der Waals surface area contributed by atoms with Crippen molar-refractivity contribution in [2.24, 2.45) is 0 Å². The topological polar surface area (TPSA) is 43.4 Å². The lowest BCUT2D eigenvalue weighted by Gasteiger charge is -1.89. The Morgan fingerprint density at radius 3 is 2.91 bits per heavy atom. The van der Waals surface area contributed by atoms with Crippen LogP contribution in [0.1, 0.15) is 6.92 Å². The van der Waals surface area contributed by atoms with E-state index in [1.165, 1.54) is 12.2 Å². The van der Waals surface area contributed by atoms with Gasteiger partial charge in [-0.05, 0) is 19.1 Å². The van der Waals surface area contributed by atoms with E-state index in [1.54, 1.807) is 6.92 Å². The van der Waals surface area contributed by atoms with Gasteiger partial charge in [-0.15, -0.1) is 0 Å². The fourth-order valence-corrected chi connectivity index (χ4v) is 0.355.